The molecule has 30 heavy (non-hydrogen) atoms. The number of pyridine rings is 3. The van der Waals surface area contributed by atoms with Gasteiger partial charge in [-0.25, -0.2) is 15.4 Å². The number of aromatic nitrogens is 5. The molecule has 0 amide bonds. The second-order valence-electron chi connectivity index (χ2n) is 8.25. The van der Waals surface area contributed by atoms with Crippen LogP contribution in [-0.2, 0) is 0 Å². The van der Waals surface area contributed by atoms with Gasteiger partial charge in [0, 0.05) is 48.2 Å². The standard InChI is InChI=1S/C23H23N7/c1-3-15(12-24-8-1)14-5-6-19-18(11-14)21(30-29-19)23-27-20-17(7-10-26-22(20)28-23)16-4-2-9-25-13-16/h1-4,7-10,12-14,18-19,21,29-30H,5-6,11H2,(H,26,27,28). The van der Waals surface area contributed by atoms with Crippen LogP contribution in [0.1, 0.15) is 42.6 Å². The first kappa shape index (κ1) is 17.7. The van der Waals surface area contributed by atoms with Gasteiger partial charge in [-0.15, -0.1) is 0 Å². The molecule has 6 rings (SSSR count). The van der Waals surface area contributed by atoms with Gasteiger partial charge in [0.05, 0.1) is 11.6 Å². The number of nitrogens with one attached hydrogen (secondary N) is 3. The van der Waals surface area contributed by atoms with Crippen molar-refractivity contribution in [1.29, 1.82) is 0 Å². The van der Waals surface area contributed by atoms with Gasteiger partial charge in [-0.2, -0.15) is 0 Å². The van der Waals surface area contributed by atoms with E-state index in [0.717, 1.165) is 41.0 Å². The lowest BCUT2D eigenvalue weighted by Crippen LogP contribution is -2.34. The van der Waals surface area contributed by atoms with Crippen LogP contribution >= 0.6 is 0 Å². The van der Waals surface area contributed by atoms with Crippen molar-refractivity contribution in [3.63, 3.8) is 0 Å². The maximum Gasteiger partial charge on any atom is 0.178 e. The van der Waals surface area contributed by atoms with Crippen molar-refractivity contribution in [1.82, 2.24) is 35.8 Å². The van der Waals surface area contributed by atoms with Gasteiger partial charge in [0.1, 0.15) is 5.82 Å². The average Bonchev–Trinajstić information content (AvgIpc) is 3.43. The van der Waals surface area contributed by atoms with Crippen molar-refractivity contribution >= 4 is 11.2 Å². The number of hydrogen-bond acceptors (Lipinski definition) is 6. The van der Waals surface area contributed by atoms with E-state index in [4.69, 9.17) is 4.98 Å². The summed E-state index contributed by atoms with van der Waals surface area (Å²) < 4.78 is 0. The van der Waals surface area contributed by atoms with E-state index >= 15 is 0 Å². The number of H-pyrrole nitrogens is 1. The summed E-state index contributed by atoms with van der Waals surface area (Å²) in [5, 5.41) is 0. The molecule has 7 nitrogen and oxygen atoms in total. The van der Waals surface area contributed by atoms with Crippen molar-refractivity contribution in [2.45, 2.75) is 37.3 Å². The maximum absolute atomic E-state index is 4.87. The SMILES string of the molecule is c1cncc(-c2ccnc3nc(C4NNC5CCC(c6cccnc6)CC54)[nH]c23)c1. The van der Waals surface area contributed by atoms with Crippen molar-refractivity contribution in [3.05, 3.63) is 72.7 Å². The Morgan fingerprint density at radius 3 is 2.63 bits per heavy atom. The van der Waals surface area contributed by atoms with E-state index in [-0.39, 0.29) is 6.04 Å². The highest BCUT2D eigenvalue weighted by Gasteiger charge is 2.42. The number of rotatable bonds is 3. The van der Waals surface area contributed by atoms with E-state index in [9.17, 15) is 0 Å². The van der Waals surface area contributed by atoms with E-state index < -0.39 is 0 Å². The molecule has 0 bridgehead atoms. The van der Waals surface area contributed by atoms with Gasteiger partial charge in [0.2, 0.25) is 0 Å². The van der Waals surface area contributed by atoms with Gasteiger partial charge in [0.15, 0.2) is 5.65 Å². The molecule has 0 aromatic carbocycles. The molecule has 3 N–H and O–H groups in total. The van der Waals surface area contributed by atoms with Crippen LogP contribution in [0.4, 0.5) is 0 Å². The zero-order chi connectivity index (χ0) is 19.9. The maximum atomic E-state index is 4.87. The summed E-state index contributed by atoms with van der Waals surface area (Å²) in [6.45, 7) is 0. The first-order valence-corrected chi connectivity index (χ1v) is 10.5. The van der Waals surface area contributed by atoms with E-state index in [1.807, 2.05) is 43.0 Å². The van der Waals surface area contributed by atoms with Gasteiger partial charge < -0.3 is 4.98 Å². The Bertz CT molecular complexity index is 1160. The minimum absolute atomic E-state index is 0.130. The van der Waals surface area contributed by atoms with Crippen molar-refractivity contribution in [2.24, 2.45) is 5.92 Å². The molecule has 1 aliphatic carbocycles. The number of nitrogens with zero attached hydrogens (tertiary/aromatic N) is 4. The van der Waals surface area contributed by atoms with Gasteiger partial charge in [-0.3, -0.25) is 15.4 Å². The highest BCUT2D eigenvalue weighted by Crippen LogP contribution is 2.43. The monoisotopic (exact) mass is 397 g/mol. The predicted molar refractivity (Wildman–Crippen MR) is 114 cm³/mol. The molecule has 4 atom stereocenters. The van der Waals surface area contributed by atoms with Crippen LogP contribution in [0.25, 0.3) is 22.3 Å². The van der Waals surface area contributed by atoms with Crippen LogP contribution in [0.3, 0.4) is 0 Å². The predicted octanol–water partition coefficient (Wildman–Crippen LogP) is 3.52. The Kier molecular flexibility index (Phi) is 4.28. The Hall–Kier alpha value is -3.16. The molecule has 0 radical (unpaired) electrons. The van der Waals surface area contributed by atoms with Gasteiger partial charge >= 0.3 is 0 Å². The molecule has 2 aliphatic rings. The fourth-order valence-electron chi connectivity index (χ4n) is 5.09. The van der Waals surface area contributed by atoms with E-state index in [1.165, 1.54) is 12.0 Å². The van der Waals surface area contributed by atoms with Crippen LogP contribution in [-0.4, -0.2) is 31.0 Å². The lowest BCUT2D eigenvalue weighted by molar-refractivity contribution is 0.274. The number of hydrogen-bond donors (Lipinski definition) is 3. The van der Waals surface area contributed by atoms with E-state index in [0.29, 0.717) is 17.9 Å². The number of hydrazine groups is 1. The number of aromatic amines is 1. The lowest BCUT2D eigenvalue weighted by atomic mass is 9.73. The van der Waals surface area contributed by atoms with Crippen LogP contribution in [0.5, 0.6) is 0 Å². The minimum Gasteiger partial charge on any atom is -0.339 e. The molecule has 1 saturated carbocycles. The Balaban J connectivity index is 1.34. The highest BCUT2D eigenvalue weighted by molar-refractivity contribution is 5.89. The normalized spacial score (nSPS) is 26.0. The highest BCUT2D eigenvalue weighted by atomic mass is 15.4. The van der Waals surface area contributed by atoms with Gasteiger partial charge in [-0.05, 0) is 54.9 Å². The Morgan fingerprint density at radius 1 is 0.900 bits per heavy atom. The average molecular weight is 397 g/mol. The zero-order valence-corrected chi connectivity index (χ0v) is 16.5. The molecular weight excluding hydrogens is 374 g/mol. The molecule has 150 valence electrons. The first-order valence-electron chi connectivity index (χ1n) is 10.5. The second kappa shape index (κ2) is 7.27. The summed E-state index contributed by atoms with van der Waals surface area (Å²) in [5.74, 6) is 1.95. The summed E-state index contributed by atoms with van der Waals surface area (Å²) in [5.41, 5.74) is 12.2. The molecule has 1 saturated heterocycles. The van der Waals surface area contributed by atoms with Crippen LogP contribution in [0.2, 0.25) is 0 Å². The third-order valence-electron chi connectivity index (χ3n) is 6.59. The largest absolute Gasteiger partial charge is 0.339 e. The van der Waals surface area contributed by atoms with Gasteiger partial charge in [-0.1, -0.05) is 12.1 Å². The number of imidazole rings is 1. The third kappa shape index (κ3) is 2.98. The topological polar surface area (TPSA) is 91.4 Å². The molecule has 0 spiro atoms. The Labute approximate surface area is 174 Å². The molecule has 2 fully saturated rings. The molecule has 1 aliphatic heterocycles. The molecule has 7 heteroatoms. The summed E-state index contributed by atoms with van der Waals surface area (Å²) in [7, 11) is 0. The summed E-state index contributed by atoms with van der Waals surface area (Å²) >= 11 is 0. The first-order chi connectivity index (χ1) is 14.9. The lowest BCUT2D eigenvalue weighted by Gasteiger charge is -2.32. The molecular formula is C23H23N7. The third-order valence-corrected chi connectivity index (χ3v) is 6.59. The van der Waals surface area contributed by atoms with Crippen molar-refractivity contribution < 1.29 is 0 Å². The fraction of sp³-hybridized carbons (Fsp3) is 0.304. The second-order valence-corrected chi connectivity index (χ2v) is 8.25. The molecule has 5 heterocycles. The number of fused-ring (bicyclic) bond motifs is 2. The van der Waals surface area contributed by atoms with Crippen molar-refractivity contribution in [3.8, 4) is 11.1 Å². The van der Waals surface area contributed by atoms with Crippen molar-refractivity contribution in [2.75, 3.05) is 0 Å². The van der Waals surface area contributed by atoms with Gasteiger partial charge in [0.25, 0.3) is 0 Å². The summed E-state index contributed by atoms with van der Waals surface area (Å²) in [4.78, 5) is 21.5. The quantitative estimate of drug-likeness (QED) is 0.490. The van der Waals surface area contributed by atoms with Crippen LogP contribution < -0.4 is 10.9 Å². The molecule has 4 unspecified atom stereocenters. The Morgan fingerprint density at radius 2 is 1.80 bits per heavy atom. The molecule has 4 aromatic heterocycles. The summed E-state index contributed by atoms with van der Waals surface area (Å²) in [6.07, 6.45) is 12.8. The fourth-order valence-corrected chi connectivity index (χ4v) is 5.09. The summed E-state index contributed by atoms with van der Waals surface area (Å²) in [6, 6.07) is 10.9. The van der Waals surface area contributed by atoms with E-state index in [1.54, 1.807) is 6.20 Å². The zero-order valence-electron chi connectivity index (χ0n) is 16.5. The van der Waals surface area contributed by atoms with Crippen LogP contribution in [0.15, 0.2) is 61.3 Å². The van der Waals surface area contributed by atoms with E-state index in [2.05, 4.69) is 42.9 Å². The smallest absolute Gasteiger partial charge is 0.178 e. The molecule has 4 aromatic rings. The minimum atomic E-state index is 0.130. The van der Waals surface area contributed by atoms with Crippen LogP contribution in [0, 0.1) is 5.92 Å².